The molecule has 3 rings (SSSR count). The summed E-state index contributed by atoms with van der Waals surface area (Å²) in [5.41, 5.74) is 5.75. The van der Waals surface area contributed by atoms with Crippen LogP contribution in [0.25, 0.3) is 0 Å². The zero-order valence-corrected chi connectivity index (χ0v) is 16.6. The molecule has 0 aromatic carbocycles. The quantitative estimate of drug-likeness (QED) is 0.640. The summed E-state index contributed by atoms with van der Waals surface area (Å²) in [7, 11) is 1.74. The molecular weight excluding hydrogens is 360 g/mol. The number of nitrogens with one attached hydrogen (secondary N) is 2. The van der Waals surface area contributed by atoms with E-state index in [0.717, 1.165) is 38.7 Å². The Balaban J connectivity index is 1.65. The van der Waals surface area contributed by atoms with E-state index in [4.69, 9.17) is 10.5 Å². The zero-order valence-electron chi connectivity index (χ0n) is 16.6. The van der Waals surface area contributed by atoms with Crippen LogP contribution in [-0.4, -0.2) is 65.6 Å². The second-order valence-electron chi connectivity index (χ2n) is 7.73. The van der Waals surface area contributed by atoms with Crippen molar-refractivity contribution in [3.8, 4) is 0 Å². The van der Waals surface area contributed by atoms with Crippen LogP contribution in [0.3, 0.4) is 0 Å². The van der Waals surface area contributed by atoms with Gasteiger partial charge in [-0.1, -0.05) is 0 Å². The predicted octanol–water partition coefficient (Wildman–Crippen LogP) is 1.23. The van der Waals surface area contributed by atoms with Crippen molar-refractivity contribution in [1.82, 2.24) is 14.9 Å². The summed E-state index contributed by atoms with van der Waals surface area (Å²) in [6, 6.07) is 0.342. The van der Waals surface area contributed by atoms with Crippen LogP contribution in [0.15, 0.2) is 6.20 Å². The minimum absolute atomic E-state index is 0.0363. The Morgan fingerprint density at radius 1 is 1.21 bits per heavy atom. The number of aromatic nitrogens is 2. The molecule has 4 N–H and O–H groups in total. The van der Waals surface area contributed by atoms with Gasteiger partial charge in [-0.05, 0) is 38.0 Å². The van der Waals surface area contributed by atoms with Gasteiger partial charge >= 0.3 is 0 Å². The minimum Gasteiger partial charge on any atom is -0.384 e. The summed E-state index contributed by atoms with van der Waals surface area (Å²) in [5.74, 6) is 1.01. The van der Waals surface area contributed by atoms with Crippen LogP contribution < -0.4 is 16.4 Å². The highest BCUT2D eigenvalue weighted by Gasteiger charge is 2.26. The van der Waals surface area contributed by atoms with Gasteiger partial charge in [0.2, 0.25) is 11.9 Å². The molecule has 2 fully saturated rings. The number of nitrogens with zero attached hydrogens (tertiary/aromatic N) is 3. The van der Waals surface area contributed by atoms with Crippen LogP contribution in [0.1, 0.15) is 49.4 Å². The molecule has 0 radical (unpaired) electrons. The first-order chi connectivity index (χ1) is 13.5. The van der Waals surface area contributed by atoms with E-state index < -0.39 is 5.91 Å². The lowest BCUT2D eigenvalue weighted by Gasteiger charge is -2.28. The van der Waals surface area contributed by atoms with Gasteiger partial charge in [0.15, 0.2) is 0 Å². The van der Waals surface area contributed by atoms with Gasteiger partial charge in [-0.25, -0.2) is 4.98 Å². The maximum absolute atomic E-state index is 11.8. The molecular formula is C19H30N6O3. The maximum Gasteiger partial charge on any atom is 0.254 e. The maximum atomic E-state index is 11.8. The third-order valence-electron chi connectivity index (χ3n) is 5.61. The highest BCUT2D eigenvalue weighted by molar-refractivity contribution is 5.97. The Kier molecular flexibility index (Phi) is 6.66. The van der Waals surface area contributed by atoms with Crippen molar-refractivity contribution in [3.63, 3.8) is 0 Å². The largest absolute Gasteiger partial charge is 0.384 e. The van der Waals surface area contributed by atoms with Crippen molar-refractivity contribution in [2.45, 2.75) is 51.1 Å². The van der Waals surface area contributed by atoms with Crippen LogP contribution in [0, 0.1) is 5.92 Å². The molecule has 1 saturated heterocycles. The molecule has 28 heavy (non-hydrogen) atoms. The van der Waals surface area contributed by atoms with E-state index in [-0.39, 0.29) is 17.5 Å². The van der Waals surface area contributed by atoms with Crippen LogP contribution >= 0.6 is 0 Å². The van der Waals surface area contributed by atoms with E-state index >= 15 is 0 Å². The van der Waals surface area contributed by atoms with E-state index in [1.165, 1.54) is 6.20 Å². The number of hydrogen-bond acceptors (Lipinski definition) is 7. The van der Waals surface area contributed by atoms with E-state index in [0.29, 0.717) is 36.8 Å². The Morgan fingerprint density at radius 3 is 2.57 bits per heavy atom. The molecule has 1 aliphatic carbocycles. The van der Waals surface area contributed by atoms with E-state index in [2.05, 4.69) is 20.6 Å². The number of primary amides is 1. The lowest BCUT2D eigenvalue weighted by molar-refractivity contribution is -0.127. The van der Waals surface area contributed by atoms with Gasteiger partial charge in [-0.3, -0.25) is 9.59 Å². The lowest BCUT2D eigenvalue weighted by atomic mass is 9.86. The second-order valence-corrected chi connectivity index (χ2v) is 7.73. The Morgan fingerprint density at radius 2 is 1.96 bits per heavy atom. The average Bonchev–Trinajstić information content (AvgIpc) is 3.12. The summed E-state index contributed by atoms with van der Waals surface area (Å²) in [5, 5.41) is 6.66. The second kappa shape index (κ2) is 9.18. The van der Waals surface area contributed by atoms with Crippen molar-refractivity contribution < 1.29 is 14.3 Å². The van der Waals surface area contributed by atoms with Gasteiger partial charge in [0.25, 0.3) is 5.91 Å². The summed E-state index contributed by atoms with van der Waals surface area (Å²) in [6.45, 7) is 3.65. The molecule has 2 aliphatic rings. The number of amides is 2. The molecule has 1 atom stereocenters. The van der Waals surface area contributed by atoms with Gasteiger partial charge in [0.1, 0.15) is 5.82 Å². The fraction of sp³-hybridized carbons (Fsp3) is 0.684. The first kappa shape index (κ1) is 20.3. The molecule has 0 bridgehead atoms. The predicted molar refractivity (Wildman–Crippen MR) is 106 cm³/mol. The molecule has 1 saturated carbocycles. The number of nitrogens with two attached hydrogens (primary N) is 1. The van der Waals surface area contributed by atoms with Crippen LogP contribution in [0.2, 0.25) is 0 Å². The first-order valence-corrected chi connectivity index (χ1v) is 9.90. The number of carbonyl (C=O) groups excluding carboxylic acids is 2. The topological polar surface area (TPSA) is 122 Å². The smallest absolute Gasteiger partial charge is 0.254 e. The minimum atomic E-state index is -0.574. The Hall–Kier alpha value is -2.42. The van der Waals surface area contributed by atoms with Crippen molar-refractivity contribution in [1.29, 1.82) is 0 Å². The number of ether oxygens (including phenoxy) is 1. The molecule has 0 spiro atoms. The van der Waals surface area contributed by atoms with Crippen molar-refractivity contribution in [2.75, 3.05) is 37.4 Å². The Bertz CT molecular complexity index is 705. The third kappa shape index (κ3) is 5.09. The number of rotatable bonds is 7. The molecule has 9 heteroatoms. The number of carbonyl (C=O) groups is 2. The highest BCUT2D eigenvalue weighted by Crippen LogP contribution is 2.27. The normalized spacial score (nSPS) is 24.8. The van der Waals surface area contributed by atoms with E-state index in [1.807, 2.05) is 0 Å². The van der Waals surface area contributed by atoms with Crippen LogP contribution in [0.4, 0.5) is 11.8 Å². The monoisotopic (exact) mass is 390 g/mol. The summed E-state index contributed by atoms with van der Waals surface area (Å²) >= 11 is 0. The van der Waals surface area contributed by atoms with Crippen LogP contribution in [-0.2, 0) is 9.53 Å². The molecule has 9 nitrogen and oxygen atoms in total. The van der Waals surface area contributed by atoms with Gasteiger partial charge in [0, 0.05) is 52.0 Å². The molecule has 0 unspecified atom stereocenters. The van der Waals surface area contributed by atoms with Crippen molar-refractivity contribution in [3.05, 3.63) is 11.8 Å². The zero-order chi connectivity index (χ0) is 20.1. The standard InChI is InChI=1S/C19H30N6O3/c1-12(26)25-8-7-15(10-25)22-18-16(17(20)27)9-21-19(24-18)23-14-5-3-13(4-6-14)11-28-2/h9,13-15H,3-8,10-11H2,1-2H3,(H2,20,27)(H2,21,22,23,24)/t13-,14-,15-/m0/s1. The highest BCUT2D eigenvalue weighted by atomic mass is 16.5. The van der Waals surface area contributed by atoms with Crippen molar-refractivity contribution >= 4 is 23.6 Å². The molecule has 154 valence electrons. The average molecular weight is 390 g/mol. The van der Waals surface area contributed by atoms with Gasteiger partial charge in [0.05, 0.1) is 5.56 Å². The lowest BCUT2D eigenvalue weighted by Crippen LogP contribution is -2.31. The van der Waals surface area contributed by atoms with E-state index in [9.17, 15) is 9.59 Å². The summed E-state index contributed by atoms with van der Waals surface area (Å²) < 4.78 is 5.25. The fourth-order valence-corrected chi connectivity index (χ4v) is 3.99. The van der Waals surface area contributed by atoms with Crippen LogP contribution in [0.5, 0.6) is 0 Å². The number of hydrogen-bond donors (Lipinski definition) is 3. The molecule has 2 heterocycles. The fourth-order valence-electron chi connectivity index (χ4n) is 3.99. The Labute approximate surface area is 165 Å². The SMILES string of the molecule is COC[C@H]1CC[C@H](Nc2ncc(C(N)=O)c(N[C@H]3CCN(C(C)=O)C3)n2)CC1. The first-order valence-electron chi connectivity index (χ1n) is 9.90. The molecule has 1 aliphatic heterocycles. The van der Waals surface area contributed by atoms with E-state index in [1.54, 1.807) is 18.9 Å². The summed E-state index contributed by atoms with van der Waals surface area (Å²) in [6.07, 6.45) is 6.56. The number of methoxy groups -OCH3 is 1. The third-order valence-corrected chi connectivity index (χ3v) is 5.61. The molecule has 1 aromatic heterocycles. The van der Waals surface area contributed by atoms with Gasteiger partial charge < -0.3 is 26.0 Å². The van der Waals surface area contributed by atoms with Crippen molar-refractivity contribution in [2.24, 2.45) is 11.7 Å². The molecule has 1 aromatic rings. The summed E-state index contributed by atoms with van der Waals surface area (Å²) in [4.78, 5) is 33.9. The van der Waals surface area contributed by atoms with Gasteiger partial charge in [-0.2, -0.15) is 4.98 Å². The molecule has 2 amide bonds. The number of likely N-dealkylation sites (tertiary alicyclic amines) is 1. The van der Waals surface area contributed by atoms with Gasteiger partial charge in [-0.15, -0.1) is 0 Å². The number of anilines is 2.